The molecule has 0 aliphatic carbocycles. The summed E-state index contributed by atoms with van der Waals surface area (Å²) in [4.78, 5) is 18.1. The van der Waals surface area contributed by atoms with Crippen LogP contribution in [0.1, 0.15) is 28.6 Å². The zero-order valence-electron chi connectivity index (χ0n) is 13.6. The van der Waals surface area contributed by atoms with Crippen molar-refractivity contribution in [1.82, 2.24) is 4.98 Å². The summed E-state index contributed by atoms with van der Waals surface area (Å²) in [7, 11) is 0. The SMILES string of the molecule is CCCc1sc(NC(=O)c2ccccc2)nc1-c1ccc(Cl)c(Cl)c1. The van der Waals surface area contributed by atoms with Gasteiger partial charge in [0, 0.05) is 16.0 Å². The molecule has 1 heterocycles. The average Bonchev–Trinajstić information content (AvgIpc) is 3.01. The number of anilines is 1. The predicted octanol–water partition coefficient (Wildman–Crippen LogP) is 6.32. The van der Waals surface area contributed by atoms with Gasteiger partial charge in [-0.3, -0.25) is 10.1 Å². The summed E-state index contributed by atoms with van der Waals surface area (Å²) in [5.74, 6) is -0.168. The van der Waals surface area contributed by atoms with Crippen LogP contribution in [0.15, 0.2) is 48.5 Å². The first-order valence-electron chi connectivity index (χ1n) is 7.90. The first-order chi connectivity index (χ1) is 12.1. The zero-order valence-corrected chi connectivity index (χ0v) is 15.9. The van der Waals surface area contributed by atoms with Crippen molar-refractivity contribution in [3.05, 3.63) is 69.0 Å². The summed E-state index contributed by atoms with van der Waals surface area (Å²) in [6.45, 7) is 2.11. The molecule has 3 rings (SSSR count). The monoisotopic (exact) mass is 390 g/mol. The van der Waals surface area contributed by atoms with Crippen LogP contribution in [-0.4, -0.2) is 10.9 Å². The van der Waals surface area contributed by atoms with Crippen molar-refractivity contribution in [1.29, 1.82) is 0 Å². The number of aryl methyl sites for hydroxylation is 1. The minimum Gasteiger partial charge on any atom is -0.298 e. The summed E-state index contributed by atoms with van der Waals surface area (Å²) in [6.07, 6.45) is 1.87. The van der Waals surface area contributed by atoms with Crippen molar-refractivity contribution in [2.75, 3.05) is 5.32 Å². The van der Waals surface area contributed by atoms with Crippen molar-refractivity contribution in [2.24, 2.45) is 0 Å². The molecule has 0 aliphatic heterocycles. The van der Waals surface area contributed by atoms with E-state index < -0.39 is 0 Å². The van der Waals surface area contributed by atoms with E-state index in [4.69, 9.17) is 23.2 Å². The highest BCUT2D eigenvalue weighted by molar-refractivity contribution is 7.16. The second kappa shape index (κ2) is 8.00. The van der Waals surface area contributed by atoms with Crippen molar-refractivity contribution >= 4 is 45.6 Å². The maximum absolute atomic E-state index is 12.3. The lowest BCUT2D eigenvalue weighted by Crippen LogP contribution is -2.11. The molecule has 0 saturated heterocycles. The van der Waals surface area contributed by atoms with E-state index in [9.17, 15) is 4.79 Å². The average molecular weight is 391 g/mol. The van der Waals surface area contributed by atoms with Gasteiger partial charge in [-0.15, -0.1) is 11.3 Å². The molecule has 0 bridgehead atoms. The largest absolute Gasteiger partial charge is 0.298 e. The molecule has 0 aliphatic rings. The number of halogens is 2. The molecular weight excluding hydrogens is 375 g/mol. The Balaban J connectivity index is 1.91. The molecule has 3 nitrogen and oxygen atoms in total. The van der Waals surface area contributed by atoms with E-state index >= 15 is 0 Å². The van der Waals surface area contributed by atoms with Gasteiger partial charge in [0.15, 0.2) is 5.13 Å². The van der Waals surface area contributed by atoms with Crippen LogP contribution in [0.5, 0.6) is 0 Å². The number of aromatic nitrogens is 1. The molecule has 0 atom stereocenters. The van der Waals surface area contributed by atoms with Crippen LogP contribution in [0, 0.1) is 0 Å². The third-order valence-electron chi connectivity index (χ3n) is 3.62. The molecule has 2 aromatic carbocycles. The molecule has 0 saturated carbocycles. The molecule has 128 valence electrons. The Hall–Kier alpha value is -1.88. The Labute approximate surface area is 160 Å². The standard InChI is InChI=1S/C19H16Cl2N2OS/c1-2-6-16-17(13-9-10-14(20)15(21)11-13)22-19(25-16)23-18(24)12-7-4-3-5-8-12/h3-5,7-11H,2,6H2,1H3,(H,22,23,24). The van der Waals surface area contributed by atoms with E-state index in [1.807, 2.05) is 24.3 Å². The number of nitrogens with one attached hydrogen (secondary N) is 1. The van der Waals surface area contributed by atoms with E-state index in [1.54, 1.807) is 24.3 Å². The Morgan fingerprint density at radius 3 is 2.56 bits per heavy atom. The summed E-state index contributed by atoms with van der Waals surface area (Å²) in [6, 6.07) is 14.6. The molecule has 1 aromatic heterocycles. The van der Waals surface area contributed by atoms with Crippen LogP contribution >= 0.6 is 34.5 Å². The summed E-state index contributed by atoms with van der Waals surface area (Å²) >= 11 is 13.6. The van der Waals surface area contributed by atoms with E-state index in [2.05, 4.69) is 17.2 Å². The molecule has 3 aromatic rings. The van der Waals surface area contributed by atoms with Gasteiger partial charge in [-0.2, -0.15) is 0 Å². The zero-order chi connectivity index (χ0) is 17.8. The molecule has 0 radical (unpaired) electrons. The molecular formula is C19H16Cl2N2OS. The van der Waals surface area contributed by atoms with Crippen LogP contribution < -0.4 is 5.32 Å². The van der Waals surface area contributed by atoms with Gasteiger partial charge in [-0.25, -0.2) is 4.98 Å². The number of carbonyl (C=O) groups is 1. The first kappa shape index (κ1) is 17.9. The smallest absolute Gasteiger partial charge is 0.257 e. The van der Waals surface area contributed by atoms with E-state index in [0.717, 1.165) is 29.0 Å². The number of hydrogen-bond acceptors (Lipinski definition) is 3. The Kier molecular flexibility index (Phi) is 5.74. The van der Waals surface area contributed by atoms with Gasteiger partial charge >= 0.3 is 0 Å². The molecule has 0 spiro atoms. The van der Waals surface area contributed by atoms with E-state index in [0.29, 0.717) is 20.7 Å². The topological polar surface area (TPSA) is 42.0 Å². The third-order valence-corrected chi connectivity index (χ3v) is 5.39. The van der Waals surface area contributed by atoms with Crippen molar-refractivity contribution in [3.63, 3.8) is 0 Å². The number of hydrogen-bond donors (Lipinski definition) is 1. The highest BCUT2D eigenvalue weighted by Crippen LogP contribution is 2.35. The Morgan fingerprint density at radius 1 is 1.12 bits per heavy atom. The summed E-state index contributed by atoms with van der Waals surface area (Å²) < 4.78 is 0. The van der Waals surface area contributed by atoms with Crippen LogP contribution in [0.2, 0.25) is 10.0 Å². The molecule has 1 N–H and O–H groups in total. The number of thiazole rings is 1. The fourth-order valence-corrected chi connectivity index (χ4v) is 3.81. The number of rotatable bonds is 5. The molecule has 0 fully saturated rings. The lowest BCUT2D eigenvalue weighted by molar-refractivity contribution is 0.102. The maximum Gasteiger partial charge on any atom is 0.257 e. The lowest BCUT2D eigenvalue weighted by Gasteiger charge is -2.03. The fourth-order valence-electron chi connectivity index (χ4n) is 2.43. The fraction of sp³-hybridized carbons (Fsp3) is 0.158. The van der Waals surface area contributed by atoms with Gasteiger partial charge in [0.1, 0.15) is 0 Å². The number of nitrogens with zero attached hydrogens (tertiary/aromatic N) is 1. The van der Waals surface area contributed by atoms with Crippen LogP contribution in [-0.2, 0) is 6.42 Å². The minimum atomic E-state index is -0.168. The molecule has 6 heteroatoms. The normalized spacial score (nSPS) is 10.7. The third kappa shape index (κ3) is 4.21. The van der Waals surface area contributed by atoms with Gasteiger partial charge in [0.05, 0.1) is 15.7 Å². The van der Waals surface area contributed by atoms with Gasteiger partial charge in [0.25, 0.3) is 5.91 Å². The first-order valence-corrected chi connectivity index (χ1v) is 9.47. The second-order valence-electron chi connectivity index (χ2n) is 5.49. The van der Waals surface area contributed by atoms with Crippen molar-refractivity contribution in [2.45, 2.75) is 19.8 Å². The number of benzene rings is 2. The lowest BCUT2D eigenvalue weighted by atomic mass is 10.1. The second-order valence-corrected chi connectivity index (χ2v) is 7.39. The maximum atomic E-state index is 12.3. The minimum absolute atomic E-state index is 0.168. The molecule has 1 amide bonds. The molecule has 0 unspecified atom stereocenters. The van der Waals surface area contributed by atoms with E-state index in [1.165, 1.54) is 11.3 Å². The van der Waals surface area contributed by atoms with Gasteiger partial charge < -0.3 is 0 Å². The summed E-state index contributed by atoms with van der Waals surface area (Å²) in [5, 5.41) is 4.46. The van der Waals surface area contributed by atoms with E-state index in [-0.39, 0.29) is 5.91 Å². The van der Waals surface area contributed by atoms with Crippen molar-refractivity contribution in [3.8, 4) is 11.3 Å². The summed E-state index contributed by atoms with van der Waals surface area (Å²) in [5.41, 5.74) is 2.34. The van der Waals surface area contributed by atoms with Gasteiger partial charge in [0.2, 0.25) is 0 Å². The highest BCUT2D eigenvalue weighted by atomic mass is 35.5. The van der Waals surface area contributed by atoms with Crippen molar-refractivity contribution < 1.29 is 4.79 Å². The highest BCUT2D eigenvalue weighted by Gasteiger charge is 2.16. The van der Waals surface area contributed by atoms with Gasteiger partial charge in [-0.05, 0) is 30.7 Å². The van der Waals surface area contributed by atoms with Crippen LogP contribution in [0.4, 0.5) is 5.13 Å². The predicted molar refractivity (Wildman–Crippen MR) is 106 cm³/mol. The van der Waals surface area contributed by atoms with Crippen LogP contribution in [0.3, 0.4) is 0 Å². The van der Waals surface area contributed by atoms with Gasteiger partial charge in [-0.1, -0.05) is 60.8 Å². The number of carbonyl (C=O) groups excluding carboxylic acids is 1. The molecule has 25 heavy (non-hydrogen) atoms. The Bertz CT molecular complexity index is 894. The quantitative estimate of drug-likeness (QED) is 0.553. The Morgan fingerprint density at radius 2 is 1.88 bits per heavy atom. The van der Waals surface area contributed by atoms with Crippen LogP contribution in [0.25, 0.3) is 11.3 Å². The number of amides is 1.